The minimum Gasteiger partial charge on any atom is -0.462 e. The highest BCUT2D eigenvalue weighted by Crippen LogP contribution is 2.31. The van der Waals surface area contributed by atoms with Gasteiger partial charge in [0.1, 0.15) is 0 Å². The number of rotatable bonds is 3. The molecule has 0 radical (unpaired) electrons. The van der Waals surface area contributed by atoms with Crippen LogP contribution in [0, 0.1) is 0 Å². The smallest absolute Gasteiger partial charge is 0.462 e. The van der Waals surface area contributed by atoms with Crippen molar-refractivity contribution in [1.82, 2.24) is 4.98 Å². The van der Waals surface area contributed by atoms with Crippen molar-refractivity contribution in [1.29, 1.82) is 0 Å². The number of esters is 1. The second kappa shape index (κ2) is 5.36. The molecular weight excluding hydrogens is 275 g/mol. The van der Waals surface area contributed by atoms with Crippen molar-refractivity contribution in [3.8, 4) is 11.3 Å². The van der Waals surface area contributed by atoms with Gasteiger partial charge in [0.05, 0.1) is 18.4 Å². The number of carbonyl (C=O) groups is 1. The molecule has 0 unspecified atom stereocenters. The molecule has 0 atom stereocenters. The van der Waals surface area contributed by atoms with Gasteiger partial charge in [-0.3, -0.25) is 0 Å². The van der Waals surface area contributed by atoms with Gasteiger partial charge < -0.3 is 9.15 Å². The molecule has 4 nitrogen and oxygen atoms in total. The van der Waals surface area contributed by atoms with Crippen molar-refractivity contribution in [2.24, 2.45) is 0 Å². The van der Waals surface area contributed by atoms with Crippen molar-refractivity contribution < 1.29 is 27.1 Å². The first kappa shape index (κ1) is 14.1. The monoisotopic (exact) mass is 285 g/mol. The SMILES string of the molecule is CCOC(=O)c1ccc(-c2cnc(C(F)(F)F)o2)cc1. The Morgan fingerprint density at radius 1 is 1.30 bits per heavy atom. The number of benzene rings is 1. The van der Waals surface area contributed by atoms with Gasteiger partial charge in [-0.25, -0.2) is 9.78 Å². The van der Waals surface area contributed by atoms with E-state index in [-0.39, 0.29) is 12.4 Å². The maximum atomic E-state index is 12.4. The van der Waals surface area contributed by atoms with Gasteiger partial charge in [0.15, 0.2) is 5.76 Å². The van der Waals surface area contributed by atoms with Crippen LogP contribution in [0.25, 0.3) is 11.3 Å². The van der Waals surface area contributed by atoms with E-state index >= 15 is 0 Å². The molecule has 0 saturated heterocycles. The largest absolute Gasteiger partial charge is 0.468 e. The lowest BCUT2D eigenvalue weighted by atomic mass is 10.1. The van der Waals surface area contributed by atoms with Crippen LogP contribution in [0.2, 0.25) is 0 Å². The summed E-state index contributed by atoms with van der Waals surface area (Å²) in [6.07, 6.45) is -3.63. The van der Waals surface area contributed by atoms with Crippen LogP contribution in [0.15, 0.2) is 34.9 Å². The molecule has 7 heteroatoms. The normalized spacial score (nSPS) is 11.4. The molecule has 2 rings (SSSR count). The van der Waals surface area contributed by atoms with Crippen LogP contribution in [-0.2, 0) is 10.9 Å². The molecule has 0 fully saturated rings. The molecule has 0 spiro atoms. The summed E-state index contributed by atoms with van der Waals surface area (Å²) in [7, 11) is 0. The Labute approximate surface area is 112 Å². The van der Waals surface area contributed by atoms with E-state index in [0.29, 0.717) is 11.1 Å². The van der Waals surface area contributed by atoms with Gasteiger partial charge in [0, 0.05) is 5.56 Å². The van der Waals surface area contributed by atoms with Gasteiger partial charge in [0.2, 0.25) is 0 Å². The highest BCUT2D eigenvalue weighted by molar-refractivity contribution is 5.89. The molecule has 0 aliphatic carbocycles. The molecule has 20 heavy (non-hydrogen) atoms. The van der Waals surface area contributed by atoms with E-state index < -0.39 is 18.0 Å². The molecule has 1 heterocycles. The molecule has 0 aliphatic rings. The third kappa shape index (κ3) is 2.98. The molecule has 2 aromatic rings. The zero-order valence-corrected chi connectivity index (χ0v) is 10.4. The van der Waals surface area contributed by atoms with Crippen molar-refractivity contribution >= 4 is 5.97 Å². The summed E-state index contributed by atoms with van der Waals surface area (Å²) in [5, 5.41) is 0. The summed E-state index contributed by atoms with van der Waals surface area (Å²) >= 11 is 0. The van der Waals surface area contributed by atoms with E-state index in [9.17, 15) is 18.0 Å². The number of nitrogens with zero attached hydrogens (tertiary/aromatic N) is 1. The van der Waals surface area contributed by atoms with E-state index in [2.05, 4.69) is 9.40 Å². The van der Waals surface area contributed by atoms with E-state index in [0.717, 1.165) is 6.20 Å². The predicted molar refractivity (Wildman–Crippen MR) is 62.9 cm³/mol. The Balaban J connectivity index is 2.22. The fraction of sp³-hybridized carbons (Fsp3) is 0.231. The van der Waals surface area contributed by atoms with Gasteiger partial charge in [0.25, 0.3) is 0 Å². The number of ether oxygens (including phenoxy) is 1. The second-order valence-corrected chi connectivity index (χ2v) is 3.83. The molecule has 0 saturated carbocycles. The van der Waals surface area contributed by atoms with Gasteiger partial charge in [-0.15, -0.1) is 0 Å². The number of hydrogen-bond acceptors (Lipinski definition) is 4. The molecule has 106 valence electrons. The molecule has 1 aromatic carbocycles. The maximum absolute atomic E-state index is 12.4. The Morgan fingerprint density at radius 3 is 2.45 bits per heavy atom. The van der Waals surface area contributed by atoms with Crippen LogP contribution < -0.4 is 0 Å². The Bertz CT molecular complexity index is 602. The topological polar surface area (TPSA) is 52.3 Å². The number of oxazole rings is 1. The Hall–Kier alpha value is -2.31. The minimum atomic E-state index is -4.62. The van der Waals surface area contributed by atoms with Crippen LogP contribution in [0.3, 0.4) is 0 Å². The first-order chi connectivity index (χ1) is 9.41. The lowest BCUT2D eigenvalue weighted by Crippen LogP contribution is -2.04. The number of aromatic nitrogens is 1. The van der Waals surface area contributed by atoms with Gasteiger partial charge >= 0.3 is 18.0 Å². The van der Waals surface area contributed by atoms with Crippen LogP contribution >= 0.6 is 0 Å². The number of halogens is 3. The van der Waals surface area contributed by atoms with Crippen LogP contribution in [0.1, 0.15) is 23.2 Å². The van der Waals surface area contributed by atoms with Gasteiger partial charge in [-0.05, 0) is 19.1 Å². The van der Waals surface area contributed by atoms with E-state index in [4.69, 9.17) is 4.74 Å². The van der Waals surface area contributed by atoms with E-state index in [1.807, 2.05) is 0 Å². The average Bonchev–Trinajstić information content (AvgIpc) is 2.89. The third-order valence-corrected chi connectivity index (χ3v) is 2.43. The van der Waals surface area contributed by atoms with Gasteiger partial charge in [-0.2, -0.15) is 13.2 Å². The molecule has 0 amide bonds. The fourth-order valence-electron chi connectivity index (χ4n) is 1.52. The number of alkyl halides is 3. The lowest BCUT2D eigenvalue weighted by Gasteiger charge is -2.02. The van der Waals surface area contributed by atoms with Crippen molar-refractivity contribution in [2.45, 2.75) is 13.1 Å². The molecule has 0 bridgehead atoms. The highest BCUT2D eigenvalue weighted by Gasteiger charge is 2.37. The second-order valence-electron chi connectivity index (χ2n) is 3.83. The van der Waals surface area contributed by atoms with Crippen LogP contribution in [0.4, 0.5) is 13.2 Å². The van der Waals surface area contributed by atoms with Crippen molar-refractivity contribution in [3.05, 3.63) is 41.9 Å². The summed E-state index contributed by atoms with van der Waals surface area (Å²) in [6.45, 7) is 1.93. The van der Waals surface area contributed by atoms with Crippen molar-refractivity contribution in [2.75, 3.05) is 6.61 Å². The molecule has 0 aliphatic heterocycles. The summed E-state index contributed by atoms with van der Waals surface area (Å²) < 4.78 is 46.5. The van der Waals surface area contributed by atoms with Crippen molar-refractivity contribution in [3.63, 3.8) is 0 Å². The first-order valence-electron chi connectivity index (χ1n) is 5.72. The van der Waals surface area contributed by atoms with E-state index in [1.165, 1.54) is 24.3 Å². The molecule has 1 aromatic heterocycles. The van der Waals surface area contributed by atoms with Crippen LogP contribution in [0.5, 0.6) is 0 Å². The predicted octanol–water partition coefficient (Wildman–Crippen LogP) is 3.54. The molecular formula is C13H10F3NO3. The summed E-state index contributed by atoms with van der Waals surface area (Å²) in [6, 6.07) is 5.83. The highest BCUT2D eigenvalue weighted by atomic mass is 19.4. The zero-order chi connectivity index (χ0) is 14.8. The first-order valence-corrected chi connectivity index (χ1v) is 5.72. The zero-order valence-electron chi connectivity index (χ0n) is 10.4. The maximum Gasteiger partial charge on any atom is 0.468 e. The summed E-state index contributed by atoms with van der Waals surface area (Å²) in [4.78, 5) is 14.6. The van der Waals surface area contributed by atoms with Crippen LogP contribution in [-0.4, -0.2) is 17.6 Å². The Morgan fingerprint density at radius 2 is 1.95 bits per heavy atom. The quantitative estimate of drug-likeness (QED) is 0.809. The average molecular weight is 285 g/mol. The molecule has 0 N–H and O–H groups in total. The minimum absolute atomic E-state index is 0.0206. The number of carbonyl (C=O) groups excluding carboxylic acids is 1. The summed E-state index contributed by atoms with van der Waals surface area (Å²) in [5.41, 5.74) is 0.701. The summed E-state index contributed by atoms with van der Waals surface area (Å²) in [5.74, 6) is -1.82. The third-order valence-electron chi connectivity index (χ3n) is 2.43. The van der Waals surface area contributed by atoms with Gasteiger partial charge in [-0.1, -0.05) is 12.1 Å². The van der Waals surface area contributed by atoms with E-state index in [1.54, 1.807) is 6.92 Å². The lowest BCUT2D eigenvalue weighted by molar-refractivity contribution is -0.156. The fourth-order valence-corrected chi connectivity index (χ4v) is 1.52. The Kier molecular flexibility index (Phi) is 3.78. The number of hydrogen-bond donors (Lipinski definition) is 0. The standard InChI is InChI=1S/C13H10F3NO3/c1-2-19-11(18)9-5-3-8(4-6-9)10-7-17-12(20-10)13(14,15)16/h3-7H,2H2,1H3.